The van der Waals surface area contributed by atoms with E-state index in [9.17, 15) is 0 Å². The molecule has 0 fully saturated rings. The average molecular weight is 246 g/mol. The predicted octanol–water partition coefficient (Wildman–Crippen LogP) is 2.11. The van der Waals surface area contributed by atoms with Gasteiger partial charge < -0.3 is 10.5 Å². The highest BCUT2D eigenvalue weighted by atomic mass is 16.5. The summed E-state index contributed by atoms with van der Waals surface area (Å²) in [5.74, 6) is 1.27. The van der Waals surface area contributed by atoms with Crippen LogP contribution in [0.3, 0.4) is 0 Å². The number of hydrogen-bond acceptors (Lipinski definition) is 4. The number of aryl methyl sites for hydroxylation is 2. The van der Waals surface area contributed by atoms with Gasteiger partial charge in [-0.2, -0.15) is 5.10 Å². The predicted molar refractivity (Wildman–Crippen MR) is 69.5 cm³/mol. The van der Waals surface area contributed by atoms with Gasteiger partial charge in [0.25, 0.3) is 0 Å². The minimum Gasteiger partial charge on any atom is -0.436 e. The first-order chi connectivity index (χ1) is 8.75. The van der Waals surface area contributed by atoms with Crippen LogP contribution in [0.4, 0.5) is 0 Å². The molecule has 96 valence electrons. The third-order valence-corrected chi connectivity index (χ3v) is 2.67. The maximum Gasteiger partial charge on any atom is 0.219 e. The molecule has 0 aliphatic rings. The van der Waals surface area contributed by atoms with Crippen LogP contribution in [0.15, 0.2) is 24.5 Å². The lowest BCUT2D eigenvalue weighted by Gasteiger charge is -2.06. The van der Waals surface area contributed by atoms with E-state index in [1.54, 1.807) is 6.20 Å². The summed E-state index contributed by atoms with van der Waals surface area (Å²) in [5, 5.41) is 4.16. The lowest BCUT2D eigenvalue weighted by Crippen LogP contribution is -2.00. The summed E-state index contributed by atoms with van der Waals surface area (Å²) in [6.45, 7) is 5.39. The molecule has 0 saturated carbocycles. The van der Waals surface area contributed by atoms with Crippen molar-refractivity contribution in [3.8, 4) is 11.6 Å². The molecule has 0 unspecified atom stereocenters. The Kier molecular flexibility index (Phi) is 3.94. The number of pyridine rings is 1. The lowest BCUT2D eigenvalue weighted by molar-refractivity contribution is 0.459. The molecule has 0 aliphatic carbocycles. The van der Waals surface area contributed by atoms with Gasteiger partial charge in [-0.1, -0.05) is 6.92 Å². The number of aromatic nitrogens is 3. The normalized spacial score (nSPS) is 10.6. The first kappa shape index (κ1) is 12.6. The smallest absolute Gasteiger partial charge is 0.219 e. The van der Waals surface area contributed by atoms with Gasteiger partial charge in [-0.25, -0.2) is 4.98 Å². The zero-order valence-electron chi connectivity index (χ0n) is 10.8. The van der Waals surface area contributed by atoms with Gasteiger partial charge in [-0.3, -0.25) is 4.68 Å². The van der Waals surface area contributed by atoms with Crippen molar-refractivity contribution in [2.45, 2.75) is 33.4 Å². The number of ether oxygens (including phenoxy) is 1. The summed E-state index contributed by atoms with van der Waals surface area (Å²) >= 11 is 0. The van der Waals surface area contributed by atoms with E-state index in [1.807, 2.05) is 29.9 Å². The Morgan fingerprint density at radius 2 is 2.17 bits per heavy atom. The molecule has 0 bridgehead atoms. The molecule has 2 heterocycles. The van der Waals surface area contributed by atoms with E-state index in [-0.39, 0.29) is 0 Å². The van der Waals surface area contributed by atoms with Crippen molar-refractivity contribution in [3.05, 3.63) is 35.8 Å². The second kappa shape index (κ2) is 5.64. The molecule has 2 rings (SSSR count). The Labute approximate surface area is 107 Å². The Bertz CT molecular complexity index is 499. The molecule has 2 aromatic rings. The highest BCUT2D eigenvalue weighted by Gasteiger charge is 2.05. The summed E-state index contributed by atoms with van der Waals surface area (Å²) in [5.41, 5.74) is 7.67. The minimum absolute atomic E-state index is 0.486. The minimum atomic E-state index is 0.486. The van der Waals surface area contributed by atoms with E-state index in [0.717, 1.165) is 24.2 Å². The third kappa shape index (κ3) is 2.87. The molecular formula is C13H18N4O. The van der Waals surface area contributed by atoms with Crippen molar-refractivity contribution >= 4 is 0 Å². The molecule has 0 spiro atoms. The highest BCUT2D eigenvalue weighted by Crippen LogP contribution is 2.20. The quantitative estimate of drug-likeness (QED) is 0.877. The molecule has 0 radical (unpaired) electrons. The maximum atomic E-state index is 5.70. The first-order valence-corrected chi connectivity index (χ1v) is 6.15. The molecule has 0 saturated heterocycles. The van der Waals surface area contributed by atoms with E-state index in [4.69, 9.17) is 10.5 Å². The van der Waals surface area contributed by atoms with E-state index in [0.29, 0.717) is 18.2 Å². The van der Waals surface area contributed by atoms with Crippen molar-refractivity contribution in [2.75, 3.05) is 0 Å². The summed E-state index contributed by atoms with van der Waals surface area (Å²) in [7, 11) is 0. The molecule has 0 amide bonds. The molecule has 2 aromatic heterocycles. The largest absolute Gasteiger partial charge is 0.436 e. The summed E-state index contributed by atoms with van der Waals surface area (Å²) < 4.78 is 7.50. The zero-order valence-corrected chi connectivity index (χ0v) is 10.8. The van der Waals surface area contributed by atoms with Crippen LogP contribution < -0.4 is 10.5 Å². The van der Waals surface area contributed by atoms with Crippen molar-refractivity contribution < 1.29 is 4.74 Å². The van der Waals surface area contributed by atoms with Gasteiger partial charge in [0.05, 0.1) is 12.4 Å². The zero-order chi connectivity index (χ0) is 13.0. The first-order valence-electron chi connectivity index (χ1n) is 6.15. The van der Waals surface area contributed by atoms with Gasteiger partial charge >= 0.3 is 0 Å². The second-order valence-corrected chi connectivity index (χ2v) is 4.00. The van der Waals surface area contributed by atoms with Crippen LogP contribution in [0.1, 0.15) is 25.1 Å². The molecule has 0 atom stereocenters. The summed E-state index contributed by atoms with van der Waals surface area (Å²) in [4.78, 5) is 4.42. The number of hydrogen-bond donors (Lipinski definition) is 1. The Morgan fingerprint density at radius 3 is 2.78 bits per heavy atom. The number of nitrogens with zero attached hydrogens (tertiary/aromatic N) is 3. The fourth-order valence-electron chi connectivity index (χ4n) is 1.66. The van der Waals surface area contributed by atoms with E-state index >= 15 is 0 Å². The maximum absolute atomic E-state index is 5.70. The van der Waals surface area contributed by atoms with Gasteiger partial charge in [0.1, 0.15) is 0 Å². The Morgan fingerprint density at radius 1 is 1.33 bits per heavy atom. The second-order valence-electron chi connectivity index (χ2n) is 4.00. The van der Waals surface area contributed by atoms with Crippen molar-refractivity contribution in [2.24, 2.45) is 5.73 Å². The van der Waals surface area contributed by atoms with Crippen molar-refractivity contribution in [1.82, 2.24) is 14.8 Å². The topological polar surface area (TPSA) is 66.0 Å². The summed E-state index contributed by atoms with van der Waals surface area (Å²) in [6.07, 6.45) is 4.40. The van der Waals surface area contributed by atoms with Gasteiger partial charge in [0.15, 0.2) is 5.75 Å². The van der Waals surface area contributed by atoms with Crippen LogP contribution in [0.2, 0.25) is 0 Å². The average Bonchev–Trinajstić information content (AvgIpc) is 2.85. The van der Waals surface area contributed by atoms with E-state index < -0.39 is 0 Å². The van der Waals surface area contributed by atoms with Crippen LogP contribution in [0.5, 0.6) is 11.6 Å². The van der Waals surface area contributed by atoms with Crippen LogP contribution in [-0.4, -0.2) is 14.8 Å². The molecule has 2 N–H and O–H groups in total. The van der Waals surface area contributed by atoms with Crippen LogP contribution in [0.25, 0.3) is 0 Å². The van der Waals surface area contributed by atoms with Gasteiger partial charge in [0, 0.05) is 24.8 Å². The molecular weight excluding hydrogens is 228 g/mol. The van der Waals surface area contributed by atoms with Gasteiger partial charge in [-0.15, -0.1) is 0 Å². The number of rotatable bonds is 5. The van der Waals surface area contributed by atoms with Crippen molar-refractivity contribution in [3.63, 3.8) is 0 Å². The molecule has 0 aliphatic heterocycles. The fraction of sp³-hybridized carbons (Fsp3) is 0.385. The van der Waals surface area contributed by atoms with Crippen LogP contribution in [-0.2, 0) is 19.5 Å². The van der Waals surface area contributed by atoms with Crippen molar-refractivity contribution in [1.29, 1.82) is 0 Å². The Hall–Kier alpha value is -1.88. The molecule has 0 aromatic carbocycles. The fourth-order valence-corrected chi connectivity index (χ4v) is 1.66. The molecule has 18 heavy (non-hydrogen) atoms. The lowest BCUT2D eigenvalue weighted by atomic mass is 10.2. The van der Waals surface area contributed by atoms with Gasteiger partial charge in [0.2, 0.25) is 5.88 Å². The molecule has 5 nitrogen and oxygen atoms in total. The highest BCUT2D eigenvalue weighted by molar-refractivity contribution is 5.28. The molecule has 5 heteroatoms. The third-order valence-electron chi connectivity index (χ3n) is 2.67. The monoisotopic (exact) mass is 246 g/mol. The van der Waals surface area contributed by atoms with E-state index in [1.165, 1.54) is 0 Å². The Balaban J connectivity index is 2.22. The van der Waals surface area contributed by atoms with E-state index in [2.05, 4.69) is 17.0 Å². The number of nitrogens with two attached hydrogens (primary N) is 1. The van der Waals surface area contributed by atoms with Crippen LogP contribution in [0, 0.1) is 0 Å². The van der Waals surface area contributed by atoms with Crippen LogP contribution >= 0.6 is 0 Å². The standard InChI is InChI=1S/C13H18N4O/c1-3-11-5-10(7-14)6-13(16-11)18-12-8-15-17(4-2)9-12/h5-6,8-9H,3-4,7,14H2,1-2H3. The van der Waals surface area contributed by atoms with Gasteiger partial charge in [-0.05, 0) is 25.0 Å². The SMILES string of the molecule is CCc1cc(CN)cc(Oc2cnn(CC)c2)n1. The summed E-state index contributed by atoms with van der Waals surface area (Å²) in [6, 6.07) is 3.87.